The van der Waals surface area contributed by atoms with Crippen LogP contribution >= 0.6 is 11.3 Å². The van der Waals surface area contributed by atoms with Gasteiger partial charge in [-0.2, -0.15) is 0 Å². The van der Waals surface area contributed by atoms with E-state index in [-0.39, 0.29) is 31.2 Å². The number of methoxy groups -OCH3 is 1. The van der Waals surface area contributed by atoms with Gasteiger partial charge >= 0.3 is 0 Å². The van der Waals surface area contributed by atoms with Gasteiger partial charge in [-0.3, -0.25) is 19.1 Å². The molecule has 3 amide bonds. The summed E-state index contributed by atoms with van der Waals surface area (Å²) < 4.78 is 40.5. The lowest BCUT2D eigenvalue weighted by molar-refractivity contribution is -0.140. The summed E-state index contributed by atoms with van der Waals surface area (Å²) >= 11 is 1.51. The molecule has 3 N–H and O–H groups in total. The van der Waals surface area contributed by atoms with E-state index >= 15 is 0 Å². The Labute approximate surface area is 362 Å². The van der Waals surface area contributed by atoms with E-state index in [2.05, 4.69) is 29.2 Å². The van der Waals surface area contributed by atoms with Gasteiger partial charge in [-0.25, -0.2) is 18.4 Å². The van der Waals surface area contributed by atoms with Gasteiger partial charge in [-0.05, 0) is 89.0 Å². The Bertz CT molecular complexity index is 2500. The molecular weight excluding hydrogens is 813 g/mol. The lowest BCUT2D eigenvalue weighted by Crippen LogP contribution is -2.58. The van der Waals surface area contributed by atoms with Crippen LogP contribution in [0.3, 0.4) is 0 Å². The van der Waals surface area contributed by atoms with Crippen LogP contribution in [-0.2, 0) is 24.4 Å². The van der Waals surface area contributed by atoms with Gasteiger partial charge in [0, 0.05) is 40.4 Å². The van der Waals surface area contributed by atoms with Gasteiger partial charge in [0.25, 0.3) is 5.91 Å². The van der Waals surface area contributed by atoms with E-state index in [4.69, 9.17) is 19.4 Å². The fourth-order valence-corrected chi connectivity index (χ4v) is 10.8. The van der Waals surface area contributed by atoms with E-state index in [9.17, 15) is 22.8 Å². The van der Waals surface area contributed by atoms with Gasteiger partial charge < -0.3 is 25.0 Å². The van der Waals surface area contributed by atoms with Crippen molar-refractivity contribution in [3.05, 3.63) is 76.8 Å². The molecular formula is C46H56N6O7S2. The van der Waals surface area contributed by atoms with Gasteiger partial charge in [0.05, 0.1) is 29.6 Å². The molecule has 2 aliphatic heterocycles. The zero-order valence-corrected chi connectivity index (χ0v) is 37.4. The minimum absolute atomic E-state index is 0.0984. The second kappa shape index (κ2) is 16.7. The fourth-order valence-electron chi connectivity index (χ4n) is 8.52. The molecule has 2 aromatic carbocycles. The number of fused-ring (bicyclic) bond motifs is 3. The number of hydrogen-bond acceptors (Lipinski definition) is 11. The first-order chi connectivity index (χ1) is 29.1. The number of sulfonamides is 1. The van der Waals surface area contributed by atoms with Crippen LogP contribution < -0.4 is 24.8 Å². The summed E-state index contributed by atoms with van der Waals surface area (Å²) in [5, 5.41) is 10.0. The van der Waals surface area contributed by atoms with Gasteiger partial charge in [0.1, 0.15) is 45.9 Å². The van der Waals surface area contributed by atoms with E-state index in [0.29, 0.717) is 42.0 Å². The van der Waals surface area contributed by atoms with Crippen LogP contribution in [-0.4, -0.2) is 83.1 Å². The second-order valence-electron chi connectivity index (χ2n) is 17.7. The SMILES string of the molecule is COc1ccc2c(O[C@@H]3C[C@H]4C(=O)N[C@]5(C(=O)NS(=O)(=O)C6(C)CC6)C[C@@H]5/C=C\CCCCC[C@H](Nc5ccccc5C)C(=O)N4C3)cc(-c3nc(C(C)C)cs3)nc2c1C. The summed E-state index contributed by atoms with van der Waals surface area (Å²) in [4.78, 5) is 55.3. The summed E-state index contributed by atoms with van der Waals surface area (Å²) in [5.74, 6) is -0.489. The largest absolute Gasteiger partial charge is 0.496 e. The van der Waals surface area contributed by atoms with Gasteiger partial charge in [0.2, 0.25) is 21.8 Å². The molecule has 2 saturated carbocycles. The lowest BCUT2D eigenvalue weighted by Gasteiger charge is -2.30. The molecule has 2 aromatic heterocycles. The Morgan fingerprint density at radius 1 is 1.05 bits per heavy atom. The summed E-state index contributed by atoms with van der Waals surface area (Å²) in [6.07, 6.45) is 8.45. The number of pyridine rings is 1. The number of aromatic nitrogens is 2. The first kappa shape index (κ1) is 42.7. The Morgan fingerprint density at radius 3 is 2.56 bits per heavy atom. The topological polar surface area (TPSA) is 169 Å². The number of thiazole rings is 1. The molecule has 0 spiro atoms. The number of nitrogens with zero attached hydrogens (tertiary/aromatic N) is 3. The van der Waals surface area contributed by atoms with E-state index in [1.807, 2.05) is 73.8 Å². The number of aryl methyl sites for hydroxylation is 2. The molecule has 0 unspecified atom stereocenters. The van der Waals surface area contributed by atoms with E-state index in [0.717, 1.165) is 58.6 Å². The molecule has 1 saturated heterocycles. The van der Waals surface area contributed by atoms with Crippen molar-refractivity contribution in [3.63, 3.8) is 0 Å². The summed E-state index contributed by atoms with van der Waals surface area (Å²) in [6.45, 7) is 9.84. The van der Waals surface area contributed by atoms with Crippen LogP contribution in [0.1, 0.15) is 101 Å². The number of benzene rings is 2. The Balaban J connectivity index is 1.16. The number of anilines is 1. The Kier molecular flexibility index (Phi) is 11.7. The highest BCUT2D eigenvalue weighted by Crippen LogP contribution is 2.48. The summed E-state index contributed by atoms with van der Waals surface area (Å²) in [7, 11) is -2.36. The number of ether oxygens (including phenoxy) is 2. The molecule has 4 heterocycles. The number of carbonyl (C=O) groups is 3. The zero-order chi connectivity index (χ0) is 43.3. The quantitative estimate of drug-likeness (QED) is 0.137. The monoisotopic (exact) mass is 868 g/mol. The summed E-state index contributed by atoms with van der Waals surface area (Å²) in [6, 6.07) is 11.8. The van der Waals surface area contributed by atoms with Crippen molar-refractivity contribution in [2.75, 3.05) is 19.0 Å². The molecule has 4 aliphatic rings. The normalized spacial score (nSPS) is 25.7. The third-order valence-corrected chi connectivity index (χ3v) is 16.0. The number of nitrogens with one attached hydrogen (secondary N) is 3. The van der Waals surface area contributed by atoms with Crippen molar-refractivity contribution in [2.45, 2.75) is 127 Å². The minimum atomic E-state index is -3.98. The molecule has 15 heteroatoms. The zero-order valence-electron chi connectivity index (χ0n) is 35.7. The average Bonchev–Trinajstić information content (AvgIpc) is 4.00. The third kappa shape index (κ3) is 8.47. The third-order valence-electron chi connectivity index (χ3n) is 12.9. The van der Waals surface area contributed by atoms with E-state index in [1.165, 1.54) is 11.3 Å². The highest BCUT2D eigenvalue weighted by molar-refractivity contribution is 7.91. The predicted molar refractivity (Wildman–Crippen MR) is 237 cm³/mol. The Morgan fingerprint density at radius 2 is 1.84 bits per heavy atom. The van der Waals surface area contributed by atoms with Crippen LogP contribution in [0, 0.1) is 19.8 Å². The molecule has 2 aliphatic carbocycles. The van der Waals surface area contributed by atoms with E-state index in [1.54, 1.807) is 18.9 Å². The maximum Gasteiger partial charge on any atom is 0.259 e. The van der Waals surface area contributed by atoms with Crippen LogP contribution in [0.4, 0.5) is 5.69 Å². The molecule has 5 atom stereocenters. The first-order valence-corrected chi connectivity index (χ1v) is 23.8. The first-order valence-electron chi connectivity index (χ1n) is 21.4. The molecule has 0 bridgehead atoms. The number of amides is 3. The molecule has 324 valence electrons. The maximum atomic E-state index is 15.0. The average molecular weight is 869 g/mol. The van der Waals surface area contributed by atoms with Gasteiger partial charge in [-0.15, -0.1) is 11.3 Å². The predicted octanol–water partition coefficient (Wildman–Crippen LogP) is 7.33. The van der Waals surface area contributed by atoms with Gasteiger partial charge in [-0.1, -0.05) is 57.0 Å². The molecule has 13 nitrogen and oxygen atoms in total. The molecule has 0 radical (unpaired) electrons. The van der Waals surface area contributed by atoms with Crippen LogP contribution in [0.5, 0.6) is 11.5 Å². The maximum absolute atomic E-state index is 15.0. The minimum Gasteiger partial charge on any atom is -0.496 e. The highest BCUT2D eigenvalue weighted by Gasteiger charge is 2.63. The summed E-state index contributed by atoms with van der Waals surface area (Å²) in [5.41, 5.74) is 3.47. The standard InChI is InChI=1S/C46H56N6O7S2/c1-27(2)36-26-60-42(49-36)35-23-39(32-18-19-38(58-6)29(4)40(32)48-35)59-31-22-37-41(53)50-46(44(55)51-61(56,57)45(5)20-21-45)24-30(46)15-10-8-7-9-11-17-34(43(54)52(37)25-31)47-33-16-13-12-14-28(33)3/h10,12-16,18-19,23,26-27,30-31,34,37,47H,7-9,11,17,20-22,24-25H2,1-6H3,(H,50,53)(H,51,55)/b15-10-/t30-,31+,34-,37-,46+/m0/s1. The highest BCUT2D eigenvalue weighted by atomic mass is 32.2. The second-order valence-corrected chi connectivity index (χ2v) is 20.8. The molecule has 3 fully saturated rings. The van der Waals surface area contributed by atoms with Crippen LogP contribution in [0.25, 0.3) is 21.6 Å². The molecule has 61 heavy (non-hydrogen) atoms. The number of para-hydroxylation sites is 1. The van der Waals surface area contributed by atoms with Crippen LogP contribution in [0.15, 0.2) is 60.0 Å². The van der Waals surface area contributed by atoms with Crippen molar-refractivity contribution in [1.29, 1.82) is 0 Å². The van der Waals surface area contributed by atoms with Gasteiger partial charge in [0.15, 0.2) is 0 Å². The number of allylic oxidation sites excluding steroid dienone is 1. The molecule has 4 aromatic rings. The Hall–Kier alpha value is -5.02. The van der Waals surface area contributed by atoms with Crippen LogP contribution in [0.2, 0.25) is 0 Å². The number of rotatable bonds is 10. The number of hydrogen-bond donors (Lipinski definition) is 3. The van der Waals surface area contributed by atoms with Crippen molar-refractivity contribution < 1.29 is 32.3 Å². The lowest BCUT2D eigenvalue weighted by atomic mass is 10.0. The van der Waals surface area contributed by atoms with Crippen molar-refractivity contribution >= 4 is 55.7 Å². The molecule has 8 rings (SSSR count). The van der Waals surface area contributed by atoms with E-state index < -0.39 is 56.2 Å². The number of carbonyl (C=O) groups excluding carboxylic acids is 3. The van der Waals surface area contributed by atoms with Crippen molar-refractivity contribution in [1.82, 2.24) is 24.9 Å². The van der Waals surface area contributed by atoms with Crippen molar-refractivity contribution in [2.24, 2.45) is 5.92 Å². The smallest absolute Gasteiger partial charge is 0.259 e. The van der Waals surface area contributed by atoms with Crippen molar-refractivity contribution in [3.8, 4) is 22.2 Å². The fraction of sp³-hybridized carbons (Fsp3) is 0.500.